The molecule has 156 valence electrons. The van der Waals surface area contributed by atoms with Crippen LogP contribution in [0.4, 0.5) is 0 Å². The van der Waals surface area contributed by atoms with Crippen molar-refractivity contribution < 1.29 is 13.2 Å². The number of hydrogen-bond donors (Lipinski definition) is 1. The number of rotatable bonds is 6. The topological polar surface area (TPSA) is 66.5 Å². The van der Waals surface area contributed by atoms with Crippen molar-refractivity contribution in [3.63, 3.8) is 0 Å². The predicted molar refractivity (Wildman–Crippen MR) is 118 cm³/mol. The lowest BCUT2D eigenvalue weighted by molar-refractivity contribution is -0.127. The Hall–Kier alpha value is -1.70. The van der Waals surface area contributed by atoms with Gasteiger partial charge < -0.3 is 5.32 Å². The fraction of sp³-hybridized carbons (Fsp3) is 0.409. The Kier molecular flexibility index (Phi) is 7.14. The quantitative estimate of drug-likeness (QED) is 0.682. The van der Waals surface area contributed by atoms with Crippen molar-refractivity contribution in [1.29, 1.82) is 0 Å². The van der Waals surface area contributed by atoms with Gasteiger partial charge in [0, 0.05) is 23.2 Å². The first kappa shape index (κ1) is 22.0. The van der Waals surface area contributed by atoms with E-state index < -0.39 is 9.84 Å². The van der Waals surface area contributed by atoms with Gasteiger partial charge in [0.25, 0.3) is 0 Å². The Labute approximate surface area is 181 Å². The molecular formula is C22H27BrN2O3S. The molecule has 3 rings (SSSR count). The molecule has 1 saturated heterocycles. The van der Waals surface area contributed by atoms with E-state index in [4.69, 9.17) is 0 Å². The van der Waals surface area contributed by atoms with Crippen LogP contribution < -0.4 is 5.32 Å². The third-order valence-electron chi connectivity index (χ3n) is 5.44. The maximum Gasteiger partial charge on any atom is 0.223 e. The predicted octanol–water partition coefficient (Wildman–Crippen LogP) is 3.94. The molecule has 1 aliphatic heterocycles. The third-order valence-corrected chi connectivity index (χ3v) is 7.10. The average Bonchev–Trinajstić information content (AvgIpc) is 2.69. The molecule has 0 aliphatic carbocycles. The van der Waals surface area contributed by atoms with E-state index in [9.17, 15) is 13.2 Å². The first-order valence-electron chi connectivity index (χ1n) is 9.79. The van der Waals surface area contributed by atoms with Crippen molar-refractivity contribution in [3.05, 3.63) is 64.1 Å². The van der Waals surface area contributed by atoms with Gasteiger partial charge in [0.05, 0.1) is 10.9 Å². The van der Waals surface area contributed by atoms with Crippen molar-refractivity contribution in [1.82, 2.24) is 10.2 Å². The number of likely N-dealkylation sites (tertiary alicyclic amines) is 1. The van der Waals surface area contributed by atoms with Crippen LogP contribution in [0.2, 0.25) is 0 Å². The van der Waals surface area contributed by atoms with E-state index in [2.05, 4.69) is 50.4 Å². The molecule has 1 N–H and O–H groups in total. The van der Waals surface area contributed by atoms with Crippen molar-refractivity contribution in [3.8, 4) is 0 Å². The normalized spacial score (nSPS) is 17.1. The van der Waals surface area contributed by atoms with Crippen molar-refractivity contribution in [2.24, 2.45) is 5.92 Å². The minimum Gasteiger partial charge on any atom is -0.349 e. The fourth-order valence-electron chi connectivity index (χ4n) is 3.62. The maximum absolute atomic E-state index is 12.7. The number of benzene rings is 2. The molecule has 0 saturated carbocycles. The molecule has 0 radical (unpaired) electrons. The zero-order chi connectivity index (χ0) is 21.0. The summed E-state index contributed by atoms with van der Waals surface area (Å²) in [7, 11) is -3.21. The highest BCUT2D eigenvalue weighted by atomic mass is 79.9. The van der Waals surface area contributed by atoms with Crippen molar-refractivity contribution in [2.75, 3.05) is 19.3 Å². The standard InChI is InChI=1S/C22H27BrN2O3S/c1-16(18-5-9-21(10-6-18)29(2,27)28)24-22(26)19-11-13-25(14-12-19)15-17-3-7-20(23)8-4-17/h3-10,16,19H,11-15H2,1-2H3,(H,24,26)/t16-/m0/s1. The number of carbonyl (C=O) groups excluding carboxylic acids is 1. The van der Waals surface area contributed by atoms with Crippen LogP contribution >= 0.6 is 15.9 Å². The molecule has 0 aromatic heterocycles. The number of halogens is 1. The first-order chi connectivity index (χ1) is 13.7. The summed E-state index contributed by atoms with van der Waals surface area (Å²) in [6.45, 7) is 4.65. The van der Waals surface area contributed by atoms with E-state index in [1.54, 1.807) is 24.3 Å². The summed E-state index contributed by atoms with van der Waals surface area (Å²) in [5.41, 5.74) is 2.18. The minimum absolute atomic E-state index is 0.0221. The van der Waals surface area contributed by atoms with Crippen LogP contribution in [-0.4, -0.2) is 38.6 Å². The highest BCUT2D eigenvalue weighted by Crippen LogP contribution is 2.22. The second-order valence-electron chi connectivity index (χ2n) is 7.75. The van der Waals surface area contributed by atoms with Gasteiger partial charge in [-0.3, -0.25) is 9.69 Å². The molecule has 1 fully saturated rings. The molecular weight excluding hydrogens is 452 g/mol. The van der Waals surface area contributed by atoms with Gasteiger partial charge in [-0.2, -0.15) is 0 Å². The lowest BCUT2D eigenvalue weighted by Gasteiger charge is -2.32. The van der Waals surface area contributed by atoms with Gasteiger partial charge in [-0.25, -0.2) is 8.42 Å². The van der Waals surface area contributed by atoms with E-state index in [0.717, 1.165) is 42.5 Å². The summed E-state index contributed by atoms with van der Waals surface area (Å²) in [6, 6.07) is 14.9. The van der Waals surface area contributed by atoms with Crippen LogP contribution in [0, 0.1) is 5.92 Å². The largest absolute Gasteiger partial charge is 0.349 e. The SMILES string of the molecule is C[C@H](NC(=O)C1CCN(Cc2ccc(Br)cc2)CC1)c1ccc(S(C)(=O)=O)cc1. The van der Waals surface area contributed by atoms with Crippen molar-refractivity contribution >= 4 is 31.7 Å². The van der Waals surface area contributed by atoms with Gasteiger partial charge >= 0.3 is 0 Å². The first-order valence-corrected chi connectivity index (χ1v) is 12.5. The van der Waals surface area contributed by atoms with Gasteiger partial charge in [-0.15, -0.1) is 0 Å². The lowest BCUT2D eigenvalue weighted by atomic mass is 9.95. The molecule has 2 aromatic rings. The Bertz CT molecular complexity index is 935. The minimum atomic E-state index is -3.21. The van der Waals surface area contributed by atoms with Gasteiger partial charge in [-0.05, 0) is 68.2 Å². The fourth-order valence-corrected chi connectivity index (χ4v) is 4.51. The van der Waals surface area contributed by atoms with Gasteiger partial charge in [-0.1, -0.05) is 40.2 Å². The monoisotopic (exact) mass is 478 g/mol. The number of sulfone groups is 1. The highest BCUT2D eigenvalue weighted by Gasteiger charge is 2.26. The number of nitrogens with one attached hydrogen (secondary N) is 1. The number of amides is 1. The summed E-state index contributed by atoms with van der Waals surface area (Å²) >= 11 is 3.46. The van der Waals surface area contributed by atoms with E-state index in [0.29, 0.717) is 0 Å². The number of nitrogens with zero attached hydrogens (tertiary/aromatic N) is 1. The molecule has 5 nitrogen and oxygen atoms in total. The van der Waals surface area contributed by atoms with E-state index in [1.807, 2.05) is 6.92 Å². The molecule has 1 atom stereocenters. The van der Waals surface area contributed by atoms with Crippen LogP contribution in [0.15, 0.2) is 57.9 Å². The summed E-state index contributed by atoms with van der Waals surface area (Å²) < 4.78 is 24.2. The second kappa shape index (κ2) is 9.41. The lowest BCUT2D eigenvalue weighted by Crippen LogP contribution is -2.40. The van der Waals surface area contributed by atoms with Gasteiger partial charge in [0.1, 0.15) is 0 Å². The molecule has 0 spiro atoms. The highest BCUT2D eigenvalue weighted by molar-refractivity contribution is 9.10. The zero-order valence-electron chi connectivity index (χ0n) is 16.8. The molecule has 2 aromatic carbocycles. The third kappa shape index (κ3) is 6.14. The molecule has 0 unspecified atom stereocenters. The smallest absolute Gasteiger partial charge is 0.223 e. The average molecular weight is 479 g/mol. The molecule has 1 aliphatic rings. The molecule has 1 amide bonds. The van der Waals surface area contributed by atoms with E-state index in [1.165, 1.54) is 11.8 Å². The van der Waals surface area contributed by atoms with Crippen LogP contribution in [0.25, 0.3) is 0 Å². The van der Waals surface area contributed by atoms with Crippen LogP contribution in [-0.2, 0) is 21.2 Å². The van der Waals surface area contributed by atoms with Crippen molar-refractivity contribution in [2.45, 2.75) is 37.2 Å². The number of hydrogen-bond acceptors (Lipinski definition) is 4. The van der Waals surface area contributed by atoms with E-state index >= 15 is 0 Å². The Balaban J connectivity index is 1.49. The molecule has 29 heavy (non-hydrogen) atoms. The Morgan fingerprint density at radius 3 is 2.24 bits per heavy atom. The Morgan fingerprint density at radius 1 is 1.10 bits per heavy atom. The summed E-state index contributed by atoms with van der Waals surface area (Å²) in [5.74, 6) is 0.0990. The van der Waals surface area contributed by atoms with Crippen LogP contribution in [0.5, 0.6) is 0 Å². The van der Waals surface area contributed by atoms with Gasteiger partial charge in [0.15, 0.2) is 9.84 Å². The summed E-state index contributed by atoms with van der Waals surface area (Å²) in [5, 5.41) is 3.08. The van der Waals surface area contributed by atoms with Gasteiger partial charge in [0.2, 0.25) is 5.91 Å². The second-order valence-corrected chi connectivity index (χ2v) is 10.7. The summed E-state index contributed by atoms with van der Waals surface area (Å²) in [6.07, 6.45) is 2.89. The summed E-state index contributed by atoms with van der Waals surface area (Å²) in [4.78, 5) is 15.4. The van der Waals surface area contributed by atoms with E-state index in [-0.39, 0.29) is 22.8 Å². The Morgan fingerprint density at radius 2 is 1.69 bits per heavy atom. The molecule has 7 heteroatoms. The maximum atomic E-state index is 12.7. The number of piperidine rings is 1. The molecule has 1 heterocycles. The number of carbonyl (C=O) groups is 1. The zero-order valence-corrected chi connectivity index (χ0v) is 19.2. The van der Waals surface area contributed by atoms with Crippen LogP contribution in [0.1, 0.15) is 36.9 Å². The van der Waals surface area contributed by atoms with Crippen LogP contribution in [0.3, 0.4) is 0 Å². The molecule has 0 bridgehead atoms.